The Hall–Kier alpha value is -2.11. The third-order valence-electron chi connectivity index (χ3n) is 3.65. The number of benzene rings is 2. The Labute approximate surface area is 142 Å². The second kappa shape index (κ2) is 6.18. The van der Waals surface area contributed by atoms with Crippen LogP contribution in [0, 0.1) is 6.92 Å². The summed E-state index contributed by atoms with van der Waals surface area (Å²) in [6.45, 7) is 3.68. The first-order chi connectivity index (χ1) is 10.9. The van der Waals surface area contributed by atoms with Gasteiger partial charge in [0, 0.05) is 0 Å². The maximum atomic E-state index is 11.0. The van der Waals surface area contributed by atoms with Gasteiger partial charge in [0.05, 0.1) is 26.8 Å². The van der Waals surface area contributed by atoms with E-state index in [1.54, 1.807) is 36.5 Å². The highest BCUT2D eigenvalue weighted by atomic mass is 35.5. The van der Waals surface area contributed by atoms with Gasteiger partial charge in [-0.05, 0) is 49.2 Å². The highest BCUT2D eigenvalue weighted by Gasteiger charge is 2.15. The Morgan fingerprint density at radius 2 is 2.09 bits per heavy atom. The molecule has 2 aromatic carbocycles. The Morgan fingerprint density at radius 3 is 2.78 bits per heavy atom. The molecule has 0 amide bonds. The third kappa shape index (κ3) is 3.30. The largest absolute Gasteiger partial charge is 0.481 e. The van der Waals surface area contributed by atoms with Crippen LogP contribution < -0.4 is 5.32 Å². The first-order valence-corrected chi connectivity index (χ1v) is 8.30. The van der Waals surface area contributed by atoms with E-state index in [1.165, 1.54) is 5.56 Å². The van der Waals surface area contributed by atoms with Crippen molar-refractivity contribution in [2.24, 2.45) is 0 Å². The summed E-state index contributed by atoms with van der Waals surface area (Å²) in [6, 6.07) is 11.4. The molecule has 4 nitrogen and oxygen atoms in total. The number of carboxylic acid groups (broad SMARTS) is 1. The molecule has 118 valence electrons. The van der Waals surface area contributed by atoms with Crippen molar-refractivity contribution in [3.05, 3.63) is 52.5 Å². The van der Waals surface area contributed by atoms with E-state index in [-0.39, 0.29) is 0 Å². The molecule has 3 rings (SSSR count). The number of hydrogen-bond donors (Lipinski definition) is 2. The van der Waals surface area contributed by atoms with Crippen LogP contribution in [-0.2, 0) is 4.79 Å². The molecule has 0 spiro atoms. The Kier molecular flexibility index (Phi) is 4.24. The van der Waals surface area contributed by atoms with E-state index < -0.39 is 11.9 Å². The smallest absolute Gasteiger partial charge is 0.310 e. The number of aromatic nitrogens is 1. The molecular formula is C17H15ClN2O2S. The molecular weight excluding hydrogens is 332 g/mol. The molecule has 0 saturated carbocycles. The van der Waals surface area contributed by atoms with Gasteiger partial charge in [-0.25, -0.2) is 4.98 Å². The van der Waals surface area contributed by atoms with Gasteiger partial charge in [0.1, 0.15) is 0 Å². The summed E-state index contributed by atoms with van der Waals surface area (Å²) in [6.07, 6.45) is 0. The van der Waals surface area contributed by atoms with Gasteiger partial charge in [-0.2, -0.15) is 0 Å². The predicted octanol–water partition coefficient (Wildman–Crippen LogP) is 5.19. The van der Waals surface area contributed by atoms with Gasteiger partial charge in [0.25, 0.3) is 0 Å². The van der Waals surface area contributed by atoms with Crippen molar-refractivity contribution in [1.29, 1.82) is 0 Å². The van der Waals surface area contributed by atoms with E-state index in [0.717, 1.165) is 15.3 Å². The zero-order chi connectivity index (χ0) is 16.6. The van der Waals surface area contributed by atoms with Gasteiger partial charge in [-0.3, -0.25) is 4.79 Å². The van der Waals surface area contributed by atoms with Crippen LogP contribution in [0.1, 0.15) is 24.0 Å². The van der Waals surface area contributed by atoms with Gasteiger partial charge in [0.2, 0.25) is 0 Å². The molecule has 3 aromatic rings. The van der Waals surface area contributed by atoms with Gasteiger partial charge in [0.15, 0.2) is 5.13 Å². The predicted molar refractivity (Wildman–Crippen MR) is 95.1 cm³/mol. The molecule has 0 aliphatic heterocycles. The van der Waals surface area contributed by atoms with Crippen LogP contribution in [0.3, 0.4) is 0 Å². The molecule has 1 heterocycles. The molecule has 1 aromatic heterocycles. The number of fused-ring (bicyclic) bond motifs is 1. The van der Waals surface area contributed by atoms with Crippen LogP contribution in [0.15, 0.2) is 36.4 Å². The minimum atomic E-state index is -0.872. The van der Waals surface area contributed by atoms with Crippen molar-refractivity contribution in [3.63, 3.8) is 0 Å². The lowest BCUT2D eigenvalue weighted by molar-refractivity contribution is -0.138. The Bertz CT molecular complexity index is 891. The van der Waals surface area contributed by atoms with E-state index in [2.05, 4.69) is 16.4 Å². The summed E-state index contributed by atoms with van der Waals surface area (Å²) >= 11 is 7.83. The number of hydrogen-bond acceptors (Lipinski definition) is 4. The summed E-state index contributed by atoms with van der Waals surface area (Å²) in [4.78, 5) is 15.6. The number of nitrogens with one attached hydrogen (secondary N) is 1. The molecule has 2 N–H and O–H groups in total. The van der Waals surface area contributed by atoms with Gasteiger partial charge in [-0.1, -0.05) is 35.1 Å². The van der Waals surface area contributed by atoms with Crippen molar-refractivity contribution in [3.8, 4) is 0 Å². The summed E-state index contributed by atoms with van der Waals surface area (Å²) < 4.78 is 1.11. The van der Waals surface area contributed by atoms with Gasteiger partial charge in [-0.15, -0.1) is 0 Å². The molecule has 6 heteroatoms. The van der Waals surface area contributed by atoms with E-state index in [9.17, 15) is 4.79 Å². The number of thiazole rings is 1. The molecule has 0 bridgehead atoms. The fourth-order valence-corrected chi connectivity index (χ4v) is 3.46. The minimum absolute atomic E-state index is 0.478. The number of rotatable bonds is 4. The van der Waals surface area contributed by atoms with Crippen molar-refractivity contribution in [2.75, 3.05) is 5.32 Å². The standard InChI is InChI=1S/C17H15ClN2O2S/c1-9-3-5-14-15(7-9)23-17(20-14)19-13-6-4-11(8-12(13)18)10(2)16(21)22/h3-8,10H,1-2H3,(H,19,20)(H,21,22). The van der Waals surface area contributed by atoms with Gasteiger partial charge >= 0.3 is 5.97 Å². The maximum absolute atomic E-state index is 11.0. The SMILES string of the molecule is Cc1ccc2nc(Nc3ccc(C(C)C(=O)O)cc3Cl)sc2c1. The zero-order valence-corrected chi connectivity index (χ0v) is 14.2. The molecule has 0 radical (unpaired) electrons. The zero-order valence-electron chi connectivity index (χ0n) is 12.6. The monoisotopic (exact) mass is 346 g/mol. The number of carbonyl (C=O) groups is 1. The Balaban J connectivity index is 1.88. The van der Waals surface area contributed by atoms with E-state index in [4.69, 9.17) is 16.7 Å². The van der Waals surface area contributed by atoms with Crippen LogP contribution >= 0.6 is 22.9 Å². The molecule has 23 heavy (non-hydrogen) atoms. The molecule has 0 fully saturated rings. The van der Waals surface area contributed by atoms with Crippen LogP contribution in [-0.4, -0.2) is 16.1 Å². The Morgan fingerprint density at radius 1 is 1.30 bits per heavy atom. The second-order valence-corrected chi connectivity index (χ2v) is 6.85. The summed E-state index contributed by atoms with van der Waals surface area (Å²) in [5, 5.41) is 13.5. The number of aliphatic carboxylic acids is 1. The third-order valence-corrected chi connectivity index (χ3v) is 4.90. The molecule has 1 atom stereocenters. The van der Waals surface area contributed by atoms with Gasteiger partial charge < -0.3 is 10.4 Å². The fourth-order valence-electron chi connectivity index (χ4n) is 2.25. The van der Waals surface area contributed by atoms with Crippen molar-refractivity contribution in [1.82, 2.24) is 4.98 Å². The quantitative estimate of drug-likeness (QED) is 0.682. The maximum Gasteiger partial charge on any atom is 0.310 e. The number of nitrogens with zero attached hydrogens (tertiary/aromatic N) is 1. The summed E-state index contributed by atoms with van der Waals surface area (Å²) in [5.74, 6) is -1.46. The topological polar surface area (TPSA) is 62.2 Å². The number of halogens is 1. The molecule has 0 aliphatic rings. The normalized spacial score (nSPS) is 12.3. The highest BCUT2D eigenvalue weighted by molar-refractivity contribution is 7.22. The molecule has 1 unspecified atom stereocenters. The average Bonchev–Trinajstić information content (AvgIpc) is 2.89. The van der Waals surface area contributed by atoms with E-state index in [1.807, 2.05) is 19.1 Å². The van der Waals surface area contributed by atoms with Crippen molar-refractivity contribution < 1.29 is 9.90 Å². The molecule has 0 saturated heterocycles. The summed E-state index contributed by atoms with van der Waals surface area (Å²) in [7, 11) is 0. The summed E-state index contributed by atoms with van der Waals surface area (Å²) in [5.41, 5.74) is 3.52. The van der Waals surface area contributed by atoms with Crippen molar-refractivity contribution >= 4 is 49.9 Å². The first kappa shape index (κ1) is 15.8. The minimum Gasteiger partial charge on any atom is -0.481 e. The number of anilines is 2. The van der Waals surface area contributed by atoms with Crippen LogP contribution in [0.5, 0.6) is 0 Å². The van der Waals surface area contributed by atoms with E-state index >= 15 is 0 Å². The number of carboxylic acids is 1. The average molecular weight is 347 g/mol. The lowest BCUT2D eigenvalue weighted by atomic mass is 10.0. The van der Waals surface area contributed by atoms with Crippen LogP contribution in [0.4, 0.5) is 10.8 Å². The van der Waals surface area contributed by atoms with Crippen LogP contribution in [0.2, 0.25) is 5.02 Å². The fraction of sp³-hybridized carbons (Fsp3) is 0.176. The van der Waals surface area contributed by atoms with E-state index in [0.29, 0.717) is 16.3 Å². The molecule has 0 aliphatic carbocycles. The highest BCUT2D eigenvalue weighted by Crippen LogP contribution is 2.33. The van der Waals surface area contributed by atoms with Crippen molar-refractivity contribution in [2.45, 2.75) is 19.8 Å². The second-order valence-electron chi connectivity index (χ2n) is 5.41. The van der Waals surface area contributed by atoms with Crippen LogP contribution in [0.25, 0.3) is 10.2 Å². The lowest BCUT2D eigenvalue weighted by Crippen LogP contribution is -2.07. The number of aryl methyl sites for hydroxylation is 1. The first-order valence-electron chi connectivity index (χ1n) is 7.10. The lowest BCUT2D eigenvalue weighted by Gasteiger charge is -2.10.